The molecule has 8 heteroatoms. The molecule has 0 amide bonds. The molecule has 5 nitrogen and oxygen atoms in total. The maximum Gasteiger partial charge on any atom is 0.339 e. The van der Waals surface area contributed by atoms with Gasteiger partial charge in [-0.3, -0.25) is 0 Å². The topological polar surface area (TPSA) is 77.5 Å². The molecule has 32 heavy (non-hydrogen) atoms. The molecular formula is C24H26O5S3. The fourth-order valence-corrected chi connectivity index (χ4v) is 7.26. The molecule has 3 aromatic carbocycles. The highest BCUT2D eigenvalue weighted by atomic mass is 33.1. The normalized spacial score (nSPS) is 12.5. The Balaban J connectivity index is 2.04. The maximum atomic E-state index is 13.0. The molecule has 0 fully saturated rings. The second-order valence-corrected chi connectivity index (χ2v) is 13.9. The standard InChI is InChI=1S/C24H26O5S3/c1-17-11-13-20(14-12-17)32(27,28)30-23-15-18(2)22(16-21(23)24(3,4)5)29-31(25,26)19-9-7-6-8-10-19/h6-16H,1-5H3. The zero-order valence-corrected chi connectivity index (χ0v) is 21.1. The minimum Gasteiger partial charge on any atom is -0.379 e. The molecule has 0 spiro atoms. The van der Waals surface area contributed by atoms with Crippen LogP contribution in [0, 0.1) is 13.8 Å². The van der Waals surface area contributed by atoms with Crippen molar-refractivity contribution in [3.63, 3.8) is 0 Å². The van der Waals surface area contributed by atoms with E-state index in [0.717, 1.165) is 16.4 Å². The van der Waals surface area contributed by atoms with Gasteiger partial charge >= 0.3 is 10.1 Å². The van der Waals surface area contributed by atoms with Crippen molar-refractivity contribution in [2.45, 2.75) is 54.7 Å². The summed E-state index contributed by atoms with van der Waals surface area (Å²) in [6.45, 7) is 9.42. The van der Waals surface area contributed by atoms with Gasteiger partial charge in [0.1, 0.15) is 10.6 Å². The summed E-state index contributed by atoms with van der Waals surface area (Å²) < 4.78 is 57.0. The van der Waals surface area contributed by atoms with Crippen LogP contribution in [-0.4, -0.2) is 16.8 Å². The molecule has 0 aliphatic rings. The first kappa shape index (κ1) is 24.4. The molecule has 0 N–H and O–H groups in total. The Hall–Kier alpha value is -2.29. The molecule has 0 bridgehead atoms. The molecule has 0 atom stereocenters. The predicted molar refractivity (Wildman–Crippen MR) is 128 cm³/mol. The Labute approximate surface area is 194 Å². The third-order valence-electron chi connectivity index (χ3n) is 4.83. The van der Waals surface area contributed by atoms with Crippen LogP contribution in [-0.2, 0) is 24.4 Å². The highest BCUT2D eigenvalue weighted by molar-refractivity contribution is 8.72. The van der Waals surface area contributed by atoms with Crippen molar-refractivity contribution in [2.75, 3.05) is 0 Å². The summed E-state index contributed by atoms with van der Waals surface area (Å²) in [6, 6.07) is 17.9. The summed E-state index contributed by atoms with van der Waals surface area (Å²) in [5, 5.41) is 0. The van der Waals surface area contributed by atoms with Crippen molar-refractivity contribution >= 4 is 29.8 Å². The summed E-state index contributed by atoms with van der Waals surface area (Å²) in [6.07, 6.45) is 0. The Morgan fingerprint density at radius 1 is 0.781 bits per heavy atom. The Kier molecular flexibility index (Phi) is 6.79. The first-order valence-electron chi connectivity index (χ1n) is 9.95. The van der Waals surface area contributed by atoms with Crippen molar-refractivity contribution in [1.82, 2.24) is 0 Å². The molecule has 0 radical (unpaired) electrons. The van der Waals surface area contributed by atoms with Crippen molar-refractivity contribution in [2.24, 2.45) is 0 Å². The predicted octanol–water partition coefficient (Wildman–Crippen LogP) is 5.85. The molecule has 170 valence electrons. The van der Waals surface area contributed by atoms with Crippen LogP contribution in [0.5, 0.6) is 5.75 Å². The maximum absolute atomic E-state index is 13.0. The Bertz CT molecular complexity index is 1320. The van der Waals surface area contributed by atoms with Crippen LogP contribution in [0.3, 0.4) is 0 Å². The Morgan fingerprint density at radius 3 is 1.94 bits per heavy atom. The van der Waals surface area contributed by atoms with Gasteiger partial charge < -0.3 is 4.18 Å². The first-order valence-corrected chi connectivity index (χ1v) is 14.2. The van der Waals surface area contributed by atoms with Gasteiger partial charge in [-0.1, -0.05) is 56.7 Å². The van der Waals surface area contributed by atoms with Crippen LogP contribution in [0.1, 0.15) is 37.5 Å². The molecule has 0 aliphatic heterocycles. The highest BCUT2D eigenvalue weighted by Crippen LogP contribution is 2.41. The Morgan fingerprint density at radius 2 is 1.38 bits per heavy atom. The van der Waals surface area contributed by atoms with E-state index in [-0.39, 0.29) is 15.5 Å². The smallest absolute Gasteiger partial charge is 0.339 e. The summed E-state index contributed by atoms with van der Waals surface area (Å²) in [4.78, 5) is 0.815. The minimum absolute atomic E-state index is 0.0529. The average Bonchev–Trinajstić information content (AvgIpc) is 2.70. The third-order valence-corrected chi connectivity index (χ3v) is 9.43. The number of rotatable bonds is 6. The lowest BCUT2D eigenvalue weighted by atomic mass is 9.86. The van der Waals surface area contributed by atoms with Gasteiger partial charge in [0.2, 0.25) is 8.87 Å². The molecule has 0 aromatic heterocycles. The number of aryl methyl sites for hydroxylation is 2. The fraction of sp³-hybridized carbons (Fsp3) is 0.250. The van der Waals surface area contributed by atoms with Crippen LogP contribution in [0.4, 0.5) is 0 Å². The van der Waals surface area contributed by atoms with E-state index in [4.69, 9.17) is 4.18 Å². The van der Waals surface area contributed by atoms with Crippen molar-refractivity contribution in [3.05, 3.63) is 83.4 Å². The quantitative estimate of drug-likeness (QED) is 0.319. The molecule has 0 saturated heterocycles. The van der Waals surface area contributed by atoms with Crippen molar-refractivity contribution in [1.29, 1.82) is 0 Å². The van der Waals surface area contributed by atoms with E-state index in [9.17, 15) is 16.8 Å². The second kappa shape index (κ2) is 8.92. The van der Waals surface area contributed by atoms with E-state index in [1.165, 1.54) is 12.1 Å². The third kappa shape index (κ3) is 5.54. The van der Waals surface area contributed by atoms with Gasteiger partial charge in [0.05, 0.1) is 4.90 Å². The van der Waals surface area contributed by atoms with E-state index in [1.807, 2.05) is 27.7 Å². The van der Waals surface area contributed by atoms with E-state index in [1.54, 1.807) is 61.5 Å². The van der Waals surface area contributed by atoms with Crippen molar-refractivity contribution in [3.8, 4) is 5.75 Å². The average molecular weight is 491 g/mol. The van der Waals surface area contributed by atoms with Gasteiger partial charge in [0.25, 0.3) is 0 Å². The molecule has 0 aliphatic carbocycles. The molecule has 0 unspecified atom stereocenters. The number of benzene rings is 3. The van der Waals surface area contributed by atoms with Gasteiger partial charge in [-0.15, -0.1) is 0 Å². The number of hydrogen-bond donors (Lipinski definition) is 0. The molecular weight excluding hydrogens is 464 g/mol. The van der Waals surface area contributed by atoms with Crippen LogP contribution in [0.2, 0.25) is 0 Å². The van der Waals surface area contributed by atoms with Crippen LogP contribution < -0.4 is 4.18 Å². The summed E-state index contributed by atoms with van der Waals surface area (Å²) >= 11 is 0. The summed E-state index contributed by atoms with van der Waals surface area (Å²) in [5.41, 5.74) is 1.73. The molecule has 0 saturated carbocycles. The molecule has 3 aromatic rings. The summed E-state index contributed by atoms with van der Waals surface area (Å²) in [7, 11) is -6.92. The van der Waals surface area contributed by atoms with E-state index in [2.05, 4.69) is 0 Å². The zero-order chi connectivity index (χ0) is 23.7. The van der Waals surface area contributed by atoms with E-state index >= 15 is 0 Å². The van der Waals surface area contributed by atoms with Crippen LogP contribution >= 0.6 is 10.8 Å². The van der Waals surface area contributed by atoms with Gasteiger partial charge in [0, 0.05) is 15.7 Å². The molecule has 0 heterocycles. The summed E-state index contributed by atoms with van der Waals surface area (Å²) in [5.74, 6) is 0.177. The lowest BCUT2D eigenvalue weighted by Crippen LogP contribution is -2.16. The van der Waals surface area contributed by atoms with Crippen LogP contribution in [0.15, 0.2) is 81.4 Å². The number of hydrogen-bond acceptors (Lipinski definition) is 6. The minimum atomic E-state index is -4.02. The molecule has 3 rings (SSSR count). The highest BCUT2D eigenvalue weighted by Gasteiger charge is 2.27. The lowest BCUT2D eigenvalue weighted by Gasteiger charge is -2.24. The fourth-order valence-electron chi connectivity index (χ4n) is 3.03. The van der Waals surface area contributed by atoms with Gasteiger partial charge in [-0.25, -0.2) is 8.42 Å². The van der Waals surface area contributed by atoms with Gasteiger partial charge in [0.15, 0.2) is 0 Å². The SMILES string of the molecule is Cc1ccc(S(=O)(=O)Sc2cc(C)c(OS(=O)(=O)c3ccccc3)cc2C(C)(C)C)cc1. The van der Waals surface area contributed by atoms with Crippen LogP contribution in [0.25, 0.3) is 0 Å². The van der Waals surface area contributed by atoms with Gasteiger partial charge in [-0.05, 0) is 66.8 Å². The lowest BCUT2D eigenvalue weighted by molar-refractivity contribution is 0.481. The largest absolute Gasteiger partial charge is 0.379 e. The monoisotopic (exact) mass is 490 g/mol. The van der Waals surface area contributed by atoms with E-state index < -0.39 is 24.4 Å². The second-order valence-electron chi connectivity index (χ2n) is 8.56. The first-order chi connectivity index (χ1) is 14.8. The zero-order valence-electron chi connectivity index (χ0n) is 18.6. The van der Waals surface area contributed by atoms with Crippen molar-refractivity contribution < 1.29 is 21.0 Å². The van der Waals surface area contributed by atoms with E-state index in [0.29, 0.717) is 16.0 Å². The van der Waals surface area contributed by atoms with Gasteiger partial charge in [-0.2, -0.15) is 8.42 Å².